The number of nitrogens with zero attached hydrogens (tertiary/aromatic N) is 8. The van der Waals surface area contributed by atoms with Gasteiger partial charge in [-0.25, -0.2) is 0 Å². The number of aromatic nitrogens is 4. The van der Waals surface area contributed by atoms with Gasteiger partial charge in [-0.1, -0.05) is 212 Å². The van der Waals surface area contributed by atoms with Crippen molar-refractivity contribution >= 4 is 87.2 Å². The molecule has 0 fully saturated rings. The maximum Gasteiger partial charge on any atom is 4.00 e. The molecule has 0 spiro atoms. The molecule has 143 heavy (non-hydrogen) atoms. The van der Waals surface area contributed by atoms with Crippen LogP contribution in [0.3, 0.4) is 0 Å². The normalized spacial score (nSPS) is 10.8. The summed E-state index contributed by atoms with van der Waals surface area (Å²) in [6, 6.07) is 145. The van der Waals surface area contributed by atoms with Crippen LogP contribution < -0.4 is 0 Å². The van der Waals surface area contributed by atoms with E-state index in [0.717, 1.165) is 208 Å². The Kier molecular flexibility index (Phi) is 37.6. The summed E-state index contributed by atoms with van der Waals surface area (Å²) in [6.45, 7) is 33.8. The van der Waals surface area contributed by atoms with E-state index in [2.05, 4.69) is 335 Å². The van der Waals surface area contributed by atoms with E-state index < -0.39 is 0 Å². The standard InChI is InChI=1S/C44H42N4O2.C43H40N4O2.6C7H7.2Hf/c1-29-23-31(43(49)41(25-29)47-37-17-9-5-13-33(37)34-14-6-10-18-38(34)47)27-46(22-21-45(3)4)28-32-24-30(2)26-42(44(32)50)48-39-19-11-7-15-35(39)36-16-8-12-20-40(36)48;1-29-25-31(43(49)41(26-29)47-38-20-10-6-16-34(38)35-17-7-11-21-39(35)47)28-45(24-23-44(2)3)27-30-13-12-22-40(42(30)48)46-36-18-8-4-14-32(36)33-15-5-9-19-37(33)46;6*1-7-5-3-2-4-6-7;;/h5-20,23-26,49-50H,21-22,27-28H2,1-4H3;4-22,25-26,48-49H,23-24,27-28H2,1-3H3;6*2-6H,1H2;;/q;;6*-1;2*+4. The smallest absolute Gasteiger partial charge is 0.505 e. The van der Waals surface area contributed by atoms with Crippen molar-refractivity contribution in [3.63, 3.8) is 0 Å². The molecule has 0 unspecified atom stereocenters. The molecule has 0 saturated heterocycles. The molecule has 0 atom stereocenters. The quantitative estimate of drug-likeness (QED) is 0.0496. The van der Waals surface area contributed by atoms with Crippen molar-refractivity contribution in [1.29, 1.82) is 0 Å². The third-order valence-electron chi connectivity index (χ3n) is 24.7. The Morgan fingerprint density at radius 3 is 0.559 bits per heavy atom. The summed E-state index contributed by atoms with van der Waals surface area (Å²) in [5.74, 6) is 1.09. The van der Waals surface area contributed by atoms with Crippen LogP contribution in [0.1, 0.15) is 72.3 Å². The topological polar surface area (TPSA) is 114 Å². The van der Waals surface area contributed by atoms with Gasteiger partial charge >= 0.3 is 51.7 Å². The fourth-order valence-electron chi connectivity index (χ4n) is 17.9. The molecule has 4 N–H and O–H groups in total. The number of likely N-dealkylation sites (N-methyl/N-ethyl adjacent to an activating group) is 2. The molecule has 0 saturated carbocycles. The SMILES string of the molecule is Cc1cc(CN(CCN(C)C)Cc2cc(C)cc(-n3c4ccccc4c4ccccc43)c2O)c(O)c(-n2c3ccccc3c3ccccc32)c1.Cc1cc(CN(CCN(C)C)Cc2cccc(-n3c4ccccc4c4ccccc43)c2O)c(O)c(-n2c3ccccc3c3ccccc32)c1.[CH2-]c1ccccc1.[CH2-]c1ccccc1.[CH2-]c1ccccc1.[CH2-]c1ccccc1.[CH2-]c1ccccc1.[CH2-]c1ccccc1.[Hf+4].[Hf+4]. The van der Waals surface area contributed by atoms with Crippen molar-refractivity contribution < 1.29 is 72.1 Å². The molecule has 0 amide bonds. The Hall–Kier alpha value is -14.8. The number of hydrogen-bond acceptors (Lipinski definition) is 8. The van der Waals surface area contributed by atoms with Crippen LogP contribution in [0, 0.1) is 62.3 Å². The van der Waals surface area contributed by atoms with Crippen molar-refractivity contribution in [2.75, 3.05) is 54.4 Å². The van der Waals surface area contributed by atoms with Crippen LogP contribution in [0.5, 0.6) is 23.0 Å². The van der Waals surface area contributed by atoms with E-state index in [-0.39, 0.29) is 74.7 Å². The van der Waals surface area contributed by atoms with Crippen molar-refractivity contribution in [2.45, 2.75) is 47.0 Å². The molecule has 0 bridgehead atoms. The first-order valence-corrected chi connectivity index (χ1v) is 47.7. The van der Waals surface area contributed by atoms with E-state index in [1.165, 1.54) is 0 Å². The van der Waals surface area contributed by atoms with Crippen molar-refractivity contribution in [3.05, 3.63) is 545 Å². The molecule has 710 valence electrons. The van der Waals surface area contributed by atoms with E-state index in [4.69, 9.17) is 0 Å². The van der Waals surface area contributed by atoms with Crippen LogP contribution in [0.4, 0.5) is 0 Å². The van der Waals surface area contributed by atoms with Gasteiger partial charge in [0, 0.05) is 118 Å². The number of benzene rings is 18. The fraction of sp³-hybridized carbons (Fsp3) is 0.116. The monoisotopic (exact) mass is 2210 g/mol. The van der Waals surface area contributed by atoms with Gasteiger partial charge < -0.3 is 48.5 Å². The van der Waals surface area contributed by atoms with E-state index in [1.54, 1.807) is 0 Å². The molecule has 0 radical (unpaired) electrons. The predicted octanol–water partition coefficient (Wildman–Crippen LogP) is 29.8. The van der Waals surface area contributed by atoms with Gasteiger partial charge in [-0.05, 0) is 138 Å². The number of phenolic OH excluding ortho intramolecular Hbond substituents is 4. The van der Waals surface area contributed by atoms with Gasteiger partial charge in [0.15, 0.2) is 0 Å². The summed E-state index contributed by atoms with van der Waals surface area (Å²) >= 11 is 0. The molecule has 22 aromatic rings. The number of phenols is 4. The molecule has 0 aliphatic rings. The second-order valence-electron chi connectivity index (χ2n) is 36.1. The minimum Gasteiger partial charge on any atom is -0.505 e. The first-order chi connectivity index (χ1) is 68.5. The van der Waals surface area contributed by atoms with Crippen molar-refractivity contribution in [3.8, 4) is 45.7 Å². The summed E-state index contributed by atoms with van der Waals surface area (Å²) in [7, 11) is 8.30. The molecular formula is C129H124Hf2N8O4+2. The van der Waals surface area contributed by atoms with Crippen LogP contribution in [-0.2, 0) is 77.9 Å². The van der Waals surface area contributed by atoms with Crippen LogP contribution in [-0.4, -0.2) is 113 Å². The van der Waals surface area contributed by atoms with Crippen LogP contribution in [0.2, 0.25) is 0 Å². The largest absolute Gasteiger partial charge is 4.00 e. The maximum atomic E-state index is 12.1. The predicted molar refractivity (Wildman–Crippen MR) is 595 cm³/mol. The number of rotatable bonds is 18. The zero-order valence-electron chi connectivity index (χ0n) is 82.8. The number of aromatic hydroxyl groups is 4. The Morgan fingerprint density at radius 2 is 0.371 bits per heavy atom. The van der Waals surface area contributed by atoms with Crippen LogP contribution in [0.15, 0.2) is 431 Å². The third kappa shape index (κ3) is 26.7. The third-order valence-corrected chi connectivity index (χ3v) is 24.7. The Balaban J connectivity index is 0.000000168. The number of hydrogen-bond donors (Lipinski definition) is 4. The Bertz CT molecular complexity index is 7180. The van der Waals surface area contributed by atoms with E-state index in [1.807, 2.05) is 224 Å². The van der Waals surface area contributed by atoms with Gasteiger partial charge in [0.25, 0.3) is 0 Å². The first-order valence-electron chi connectivity index (χ1n) is 47.7. The molecule has 22 rings (SSSR count). The van der Waals surface area contributed by atoms with Gasteiger partial charge in [-0.3, -0.25) is 9.80 Å². The van der Waals surface area contributed by atoms with E-state index in [0.29, 0.717) is 26.2 Å². The average molecular weight is 2210 g/mol. The summed E-state index contributed by atoms with van der Waals surface area (Å²) < 4.78 is 8.72. The van der Waals surface area contributed by atoms with Gasteiger partial charge in [-0.2, -0.15) is 148 Å². The molecule has 4 heterocycles. The first kappa shape index (κ1) is 105. The zero-order chi connectivity index (χ0) is 98.8. The van der Waals surface area contributed by atoms with Gasteiger partial charge in [0.05, 0.1) is 66.9 Å². The van der Waals surface area contributed by atoms with Crippen LogP contribution >= 0.6 is 0 Å². The number of aryl methyl sites for hydroxylation is 3. The summed E-state index contributed by atoms with van der Waals surface area (Å²) in [4.78, 5) is 8.98. The number of para-hydroxylation sites is 9. The summed E-state index contributed by atoms with van der Waals surface area (Å²) in [5, 5.41) is 57.3. The Morgan fingerprint density at radius 1 is 0.196 bits per heavy atom. The van der Waals surface area contributed by atoms with Gasteiger partial charge in [-0.15, -0.1) is 72.8 Å². The van der Waals surface area contributed by atoms with E-state index in [9.17, 15) is 20.4 Å². The number of fused-ring (bicyclic) bond motifs is 12. The molecule has 4 aromatic heterocycles. The fourth-order valence-corrected chi connectivity index (χ4v) is 17.9. The summed E-state index contributed by atoms with van der Waals surface area (Å²) in [6.07, 6.45) is 0. The van der Waals surface area contributed by atoms with E-state index >= 15 is 0 Å². The van der Waals surface area contributed by atoms with Crippen molar-refractivity contribution in [2.24, 2.45) is 0 Å². The minimum absolute atomic E-state index is 0. The Labute approximate surface area is 881 Å². The molecule has 18 aromatic carbocycles. The molecule has 0 aliphatic carbocycles. The molecule has 0 aliphatic heterocycles. The van der Waals surface area contributed by atoms with Crippen LogP contribution in [0.25, 0.3) is 110 Å². The molecule has 14 heteroatoms. The van der Waals surface area contributed by atoms with Gasteiger partial charge in [0.1, 0.15) is 23.0 Å². The molecular weight excluding hydrogens is 2080 g/mol. The minimum atomic E-state index is 0. The second-order valence-corrected chi connectivity index (χ2v) is 36.1. The zero-order valence-corrected chi connectivity index (χ0v) is 89.9. The van der Waals surface area contributed by atoms with Crippen molar-refractivity contribution in [1.82, 2.24) is 37.9 Å². The second kappa shape index (κ2) is 51.0. The molecule has 12 nitrogen and oxygen atoms in total. The maximum absolute atomic E-state index is 12.1. The van der Waals surface area contributed by atoms with Gasteiger partial charge in [0.2, 0.25) is 0 Å². The summed E-state index contributed by atoms with van der Waals surface area (Å²) in [5.41, 5.74) is 24.6. The average Bonchev–Trinajstić information content (AvgIpc) is 1.62.